The minimum atomic E-state index is -0.119. The topological polar surface area (TPSA) is 40.6 Å². The molecule has 29 heavy (non-hydrogen) atoms. The summed E-state index contributed by atoms with van der Waals surface area (Å²) < 4.78 is 0. The second-order valence-corrected chi connectivity index (χ2v) is 8.24. The molecule has 0 radical (unpaired) electrons. The van der Waals surface area contributed by atoms with Crippen LogP contribution >= 0.6 is 0 Å². The first-order valence-electron chi connectivity index (χ1n) is 10.9. The van der Waals surface area contributed by atoms with Gasteiger partial charge in [-0.2, -0.15) is 0 Å². The monoisotopic (exact) mass is 390 g/mol. The summed E-state index contributed by atoms with van der Waals surface area (Å²) in [7, 11) is 0. The number of carbonyl (C=O) groups excluding carboxylic acids is 2. The smallest absolute Gasteiger partial charge is 0.260 e. The highest BCUT2D eigenvalue weighted by molar-refractivity contribution is 6.06. The molecule has 0 atom stereocenters. The van der Waals surface area contributed by atoms with Crippen molar-refractivity contribution in [2.75, 3.05) is 26.2 Å². The summed E-state index contributed by atoms with van der Waals surface area (Å²) in [5, 5.41) is 0. The molecule has 0 N–H and O–H groups in total. The second kappa shape index (κ2) is 9.36. The minimum absolute atomic E-state index is 0.0325. The van der Waals surface area contributed by atoms with Gasteiger partial charge in [-0.15, -0.1) is 0 Å². The van der Waals surface area contributed by atoms with Gasteiger partial charge in [0.15, 0.2) is 0 Å². The molecule has 1 fully saturated rings. The van der Waals surface area contributed by atoms with Gasteiger partial charge in [0.25, 0.3) is 5.91 Å². The van der Waals surface area contributed by atoms with E-state index < -0.39 is 0 Å². The van der Waals surface area contributed by atoms with Crippen molar-refractivity contribution in [1.82, 2.24) is 9.80 Å². The Morgan fingerprint density at radius 3 is 2.28 bits per heavy atom. The molecule has 4 rings (SSSR count). The fourth-order valence-electron chi connectivity index (χ4n) is 4.63. The maximum atomic E-state index is 12.8. The quantitative estimate of drug-likeness (QED) is 0.547. The predicted octanol–water partition coefficient (Wildman–Crippen LogP) is 4.26. The van der Waals surface area contributed by atoms with Crippen molar-refractivity contribution in [2.24, 2.45) is 0 Å². The van der Waals surface area contributed by atoms with E-state index in [1.807, 2.05) is 24.3 Å². The van der Waals surface area contributed by atoms with Crippen LogP contribution in [-0.4, -0.2) is 47.8 Å². The number of hydrogen-bond acceptors (Lipinski definition) is 3. The molecular formula is C25H30N2O2. The van der Waals surface area contributed by atoms with Crippen LogP contribution in [0.1, 0.15) is 59.5 Å². The van der Waals surface area contributed by atoms with E-state index in [0.717, 1.165) is 38.0 Å². The van der Waals surface area contributed by atoms with E-state index in [0.29, 0.717) is 30.9 Å². The third kappa shape index (κ3) is 4.76. The zero-order valence-corrected chi connectivity index (χ0v) is 17.1. The summed E-state index contributed by atoms with van der Waals surface area (Å²) in [6.45, 7) is 3.85. The molecule has 2 aromatic carbocycles. The lowest BCUT2D eigenvalue weighted by Crippen LogP contribution is -2.37. The Kier molecular flexibility index (Phi) is 6.40. The van der Waals surface area contributed by atoms with Crippen LogP contribution in [0.3, 0.4) is 0 Å². The number of hydrogen-bond donors (Lipinski definition) is 0. The largest absolute Gasteiger partial charge is 0.303 e. The number of benzene rings is 2. The number of nitrogens with zero attached hydrogens (tertiary/aromatic N) is 2. The van der Waals surface area contributed by atoms with Gasteiger partial charge in [-0.1, -0.05) is 48.5 Å². The van der Waals surface area contributed by atoms with Crippen molar-refractivity contribution >= 4 is 11.8 Å². The van der Waals surface area contributed by atoms with Crippen molar-refractivity contribution in [3.63, 3.8) is 0 Å². The third-order valence-electron chi connectivity index (χ3n) is 6.37. The van der Waals surface area contributed by atoms with Gasteiger partial charge in [0.2, 0.25) is 5.91 Å². The summed E-state index contributed by atoms with van der Waals surface area (Å²) in [6.07, 6.45) is 5.41. The molecule has 2 aliphatic heterocycles. The average Bonchev–Trinajstić information content (AvgIpc) is 2.89. The molecule has 2 aromatic rings. The summed E-state index contributed by atoms with van der Waals surface area (Å²) >= 11 is 0. The molecule has 4 heteroatoms. The van der Waals surface area contributed by atoms with Crippen LogP contribution in [0, 0.1) is 0 Å². The van der Waals surface area contributed by atoms with Gasteiger partial charge in [0.1, 0.15) is 0 Å². The Balaban J connectivity index is 1.23. The van der Waals surface area contributed by atoms with Crippen LogP contribution in [0.15, 0.2) is 54.6 Å². The molecule has 152 valence electrons. The molecule has 2 amide bonds. The fraction of sp³-hybridized carbons (Fsp3) is 0.440. The standard InChI is InChI=1S/C25H30N2O2/c28-24-13-12-22-10-4-5-11-23(22)25(29)27(24)17-7-6-16-26-18-14-21(15-19-26)20-8-2-1-3-9-20/h1-5,8-11,21H,6-7,12-19H2. The lowest BCUT2D eigenvalue weighted by atomic mass is 9.89. The molecule has 0 aromatic heterocycles. The first-order chi connectivity index (χ1) is 14.2. The van der Waals surface area contributed by atoms with Crippen molar-refractivity contribution in [3.8, 4) is 0 Å². The maximum absolute atomic E-state index is 12.8. The number of imide groups is 1. The Morgan fingerprint density at radius 2 is 1.48 bits per heavy atom. The zero-order chi connectivity index (χ0) is 20.1. The lowest BCUT2D eigenvalue weighted by Gasteiger charge is -2.32. The Hall–Kier alpha value is -2.46. The van der Waals surface area contributed by atoms with E-state index >= 15 is 0 Å². The van der Waals surface area contributed by atoms with E-state index in [2.05, 4.69) is 35.2 Å². The van der Waals surface area contributed by atoms with E-state index in [1.54, 1.807) is 0 Å². The van der Waals surface area contributed by atoms with Crippen LogP contribution < -0.4 is 0 Å². The zero-order valence-electron chi connectivity index (χ0n) is 17.1. The number of amides is 2. The number of unbranched alkanes of at least 4 members (excludes halogenated alkanes) is 1. The Labute approximate surface area is 173 Å². The van der Waals surface area contributed by atoms with Gasteiger partial charge in [0.05, 0.1) is 0 Å². The van der Waals surface area contributed by atoms with E-state index in [-0.39, 0.29) is 11.8 Å². The molecule has 4 nitrogen and oxygen atoms in total. The number of fused-ring (bicyclic) bond motifs is 1. The van der Waals surface area contributed by atoms with Crippen LogP contribution in [0.4, 0.5) is 0 Å². The van der Waals surface area contributed by atoms with Crippen molar-refractivity contribution in [1.29, 1.82) is 0 Å². The molecule has 2 aliphatic rings. The van der Waals surface area contributed by atoms with Gasteiger partial charge in [-0.3, -0.25) is 14.5 Å². The van der Waals surface area contributed by atoms with E-state index in [9.17, 15) is 9.59 Å². The highest BCUT2D eigenvalue weighted by atomic mass is 16.2. The van der Waals surface area contributed by atoms with Gasteiger partial charge >= 0.3 is 0 Å². The first-order valence-corrected chi connectivity index (χ1v) is 10.9. The van der Waals surface area contributed by atoms with E-state index in [1.165, 1.54) is 23.3 Å². The van der Waals surface area contributed by atoms with Crippen LogP contribution in [0.2, 0.25) is 0 Å². The Bertz CT molecular complexity index is 841. The summed E-state index contributed by atoms with van der Waals surface area (Å²) in [6, 6.07) is 18.5. The SMILES string of the molecule is O=C1CCc2ccccc2C(=O)N1CCCCN1CCC(c2ccccc2)CC1. The summed E-state index contributed by atoms with van der Waals surface area (Å²) in [4.78, 5) is 29.3. The third-order valence-corrected chi connectivity index (χ3v) is 6.37. The Morgan fingerprint density at radius 1 is 0.793 bits per heavy atom. The average molecular weight is 391 g/mol. The van der Waals surface area contributed by atoms with Crippen LogP contribution in [-0.2, 0) is 11.2 Å². The molecule has 0 saturated carbocycles. The highest BCUT2D eigenvalue weighted by Crippen LogP contribution is 2.28. The number of aryl methyl sites for hydroxylation is 1. The van der Waals surface area contributed by atoms with Crippen molar-refractivity contribution < 1.29 is 9.59 Å². The molecule has 1 saturated heterocycles. The van der Waals surface area contributed by atoms with Gasteiger partial charge in [-0.25, -0.2) is 0 Å². The van der Waals surface area contributed by atoms with Crippen molar-refractivity contribution in [2.45, 2.75) is 44.4 Å². The number of carbonyl (C=O) groups is 2. The van der Waals surface area contributed by atoms with Gasteiger partial charge in [0, 0.05) is 18.5 Å². The number of likely N-dealkylation sites (tertiary alicyclic amines) is 1. The van der Waals surface area contributed by atoms with E-state index in [4.69, 9.17) is 0 Å². The minimum Gasteiger partial charge on any atom is -0.303 e. The van der Waals surface area contributed by atoms with Crippen LogP contribution in [0.25, 0.3) is 0 Å². The second-order valence-electron chi connectivity index (χ2n) is 8.24. The molecule has 0 aliphatic carbocycles. The molecule has 0 bridgehead atoms. The predicted molar refractivity (Wildman–Crippen MR) is 115 cm³/mol. The fourth-order valence-corrected chi connectivity index (χ4v) is 4.63. The van der Waals surface area contributed by atoms with Gasteiger partial charge < -0.3 is 4.90 Å². The van der Waals surface area contributed by atoms with Crippen molar-refractivity contribution in [3.05, 3.63) is 71.3 Å². The molecule has 0 unspecified atom stereocenters. The molecular weight excluding hydrogens is 360 g/mol. The summed E-state index contributed by atoms with van der Waals surface area (Å²) in [5.74, 6) is 0.529. The first kappa shape index (κ1) is 19.8. The number of piperidine rings is 1. The normalized spacial score (nSPS) is 18.6. The van der Waals surface area contributed by atoms with Crippen LogP contribution in [0.5, 0.6) is 0 Å². The highest BCUT2D eigenvalue weighted by Gasteiger charge is 2.27. The summed E-state index contributed by atoms with van der Waals surface area (Å²) in [5.41, 5.74) is 3.15. The molecule has 0 spiro atoms. The lowest BCUT2D eigenvalue weighted by molar-refractivity contribution is -0.128. The maximum Gasteiger partial charge on any atom is 0.260 e. The van der Waals surface area contributed by atoms with Gasteiger partial charge in [-0.05, 0) is 74.8 Å². The number of rotatable bonds is 6. The molecule has 2 heterocycles.